The van der Waals surface area contributed by atoms with Crippen LogP contribution in [0, 0.1) is 0 Å². The molecule has 0 heterocycles. The average Bonchev–Trinajstić information content (AvgIpc) is 2.11. The van der Waals surface area contributed by atoms with Gasteiger partial charge in [-0.05, 0) is 25.5 Å². The van der Waals surface area contributed by atoms with E-state index in [0.29, 0.717) is 0 Å². The van der Waals surface area contributed by atoms with Crippen molar-refractivity contribution in [3.63, 3.8) is 0 Å². The fourth-order valence-corrected chi connectivity index (χ4v) is 0.822. The molecule has 0 saturated carbocycles. The lowest BCUT2D eigenvalue weighted by atomic mass is 10.2. The molecule has 0 N–H and O–H groups in total. The molecule has 0 atom stereocenters. The Hall–Kier alpha value is -1.37. The van der Waals surface area contributed by atoms with Gasteiger partial charge in [0.15, 0.2) is 0 Å². The lowest BCUT2D eigenvalue weighted by molar-refractivity contribution is 1.37. The monoisotopic (exact) mass is 161 g/mol. The first-order valence-corrected chi connectivity index (χ1v) is 3.90. The second kappa shape index (κ2) is 6.35. The van der Waals surface area contributed by atoms with Crippen LogP contribution < -0.4 is 0 Å². The van der Waals surface area contributed by atoms with Gasteiger partial charge in [-0.25, -0.2) is 0 Å². The molecule has 0 rings (SSSR count). The molecule has 1 nitrogen and oxygen atoms in total. The number of aliphatic imine (C=N–C) groups is 1. The van der Waals surface area contributed by atoms with Crippen LogP contribution in [-0.2, 0) is 0 Å². The Kier molecular flexibility index (Phi) is 5.62. The van der Waals surface area contributed by atoms with Crippen molar-refractivity contribution in [3.05, 3.63) is 48.7 Å². The molecule has 0 radical (unpaired) electrons. The van der Waals surface area contributed by atoms with Gasteiger partial charge in [-0.2, -0.15) is 0 Å². The van der Waals surface area contributed by atoms with Gasteiger partial charge in [0, 0.05) is 6.21 Å². The molecule has 0 aliphatic carbocycles. The summed E-state index contributed by atoms with van der Waals surface area (Å²) in [6, 6.07) is 0. The molecule has 0 aliphatic heterocycles. The highest BCUT2D eigenvalue weighted by atomic mass is 14.7. The zero-order valence-corrected chi connectivity index (χ0v) is 7.75. The summed E-state index contributed by atoms with van der Waals surface area (Å²) in [5.41, 5.74) is 1.84. The van der Waals surface area contributed by atoms with Crippen molar-refractivity contribution in [1.29, 1.82) is 0 Å². The zero-order chi connectivity index (χ0) is 9.40. The van der Waals surface area contributed by atoms with Crippen LogP contribution in [0.4, 0.5) is 0 Å². The van der Waals surface area contributed by atoms with E-state index in [9.17, 15) is 0 Å². The molecule has 0 aromatic carbocycles. The highest BCUT2D eigenvalue weighted by Crippen LogP contribution is 2.09. The summed E-state index contributed by atoms with van der Waals surface area (Å²) in [6.07, 6.45) is 9.13. The minimum atomic E-state index is 0.852. The zero-order valence-electron chi connectivity index (χ0n) is 7.75. The van der Waals surface area contributed by atoms with Crippen molar-refractivity contribution < 1.29 is 0 Å². The SMILES string of the molecule is C=CC(/C=C\C)=C(/C=C)N=CC. The van der Waals surface area contributed by atoms with E-state index in [4.69, 9.17) is 0 Å². The van der Waals surface area contributed by atoms with Crippen LogP contribution in [-0.4, -0.2) is 6.21 Å². The van der Waals surface area contributed by atoms with E-state index in [2.05, 4.69) is 18.2 Å². The molecule has 0 aromatic heterocycles. The first kappa shape index (κ1) is 10.6. The maximum atomic E-state index is 4.15. The van der Waals surface area contributed by atoms with Gasteiger partial charge in [-0.1, -0.05) is 31.4 Å². The fraction of sp³-hybridized carbons (Fsp3) is 0.182. The smallest absolute Gasteiger partial charge is 0.0691 e. The Balaban J connectivity index is 4.98. The Labute approximate surface area is 74.5 Å². The largest absolute Gasteiger partial charge is 0.261 e. The standard InChI is InChI=1S/C11H15N/c1-5-9-10(6-2)11(7-3)12-8-4/h5-9H,2-3H2,1,4H3/b9-5-,11-10+,12-8?. The summed E-state index contributed by atoms with van der Waals surface area (Å²) < 4.78 is 0. The van der Waals surface area contributed by atoms with Crippen molar-refractivity contribution in [1.82, 2.24) is 0 Å². The molecule has 0 amide bonds. The summed E-state index contributed by atoms with van der Waals surface area (Å²) in [5, 5.41) is 0. The Morgan fingerprint density at radius 1 is 1.17 bits per heavy atom. The molecule has 0 bridgehead atoms. The van der Waals surface area contributed by atoms with Crippen LogP contribution in [0.15, 0.2) is 53.7 Å². The lowest BCUT2D eigenvalue weighted by Crippen LogP contribution is -1.79. The first-order valence-electron chi connectivity index (χ1n) is 3.90. The molecule has 64 valence electrons. The minimum Gasteiger partial charge on any atom is -0.261 e. The van der Waals surface area contributed by atoms with Gasteiger partial charge in [0.2, 0.25) is 0 Å². The molecule has 1 heteroatoms. The number of allylic oxidation sites excluding steroid dienone is 5. The molecule has 0 saturated heterocycles. The van der Waals surface area contributed by atoms with Gasteiger partial charge in [-0.15, -0.1) is 0 Å². The number of hydrogen-bond acceptors (Lipinski definition) is 1. The lowest BCUT2D eigenvalue weighted by Gasteiger charge is -1.97. The third-order valence-corrected chi connectivity index (χ3v) is 1.32. The highest BCUT2D eigenvalue weighted by molar-refractivity contribution is 5.57. The number of hydrogen-bond donors (Lipinski definition) is 0. The van der Waals surface area contributed by atoms with Crippen molar-refractivity contribution in [2.45, 2.75) is 13.8 Å². The van der Waals surface area contributed by atoms with Crippen LogP contribution in [0.3, 0.4) is 0 Å². The summed E-state index contributed by atoms with van der Waals surface area (Å²) in [5.74, 6) is 0. The van der Waals surface area contributed by atoms with E-state index >= 15 is 0 Å². The van der Waals surface area contributed by atoms with Crippen LogP contribution in [0.1, 0.15) is 13.8 Å². The highest BCUT2D eigenvalue weighted by Gasteiger charge is 1.91. The van der Waals surface area contributed by atoms with Crippen LogP contribution >= 0.6 is 0 Å². The fourth-order valence-electron chi connectivity index (χ4n) is 0.822. The Morgan fingerprint density at radius 3 is 2.17 bits per heavy atom. The molecule has 0 fully saturated rings. The number of rotatable bonds is 4. The summed E-state index contributed by atoms with van der Waals surface area (Å²) in [6.45, 7) is 11.2. The van der Waals surface area contributed by atoms with Gasteiger partial charge in [0.25, 0.3) is 0 Å². The first-order chi connectivity index (χ1) is 5.79. The van der Waals surface area contributed by atoms with Crippen LogP contribution in [0.5, 0.6) is 0 Å². The molecule has 12 heavy (non-hydrogen) atoms. The third kappa shape index (κ3) is 3.15. The predicted molar refractivity (Wildman–Crippen MR) is 56.4 cm³/mol. The van der Waals surface area contributed by atoms with Crippen LogP contribution in [0.2, 0.25) is 0 Å². The van der Waals surface area contributed by atoms with E-state index in [-0.39, 0.29) is 0 Å². The van der Waals surface area contributed by atoms with Gasteiger partial charge in [-0.3, -0.25) is 4.99 Å². The van der Waals surface area contributed by atoms with Gasteiger partial charge < -0.3 is 0 Å². The van der Waals surface area contributed by atoms with Crippen molar-refractivity contribution >= 4 is 6.21 Å². The molecule has 0 aromatic rings. The molecular weight excluding hydrogens is 146 g/mol. The normalized spacial score (nSPS) is 13.5. The average molecular weight is 161 g/mol. The molecule has 0 unspecified atom stereocenters. The van der Waals surface area contributed by atoms with Gasteiger partial charge in [0.05, 0.1) is 5.70 Å². The van der Waals surface area contributed by atoms with E-state index in [1.807, 2.05) is 26.0 Å². The topological polar surface area (TPSA) is 12.4 Å². The van der Waals surface area contributed by atoms with E-state index in [1.54, 1.807) is 18.4 Å². The minimum absolute atomic E-state index is 0.852. The third-order valence-electron chi connectivity index (χ3n) is 1.32. The van der Waals surface area contributed by atoms with Gasteiger partial charge >= 0.3 is 0 Å². The quantitative estimate of drug-likeness (QED) is 0.443. The Morgan fingerprint density at radius 2 is 1.83 bits per heavy atom. The summed E-state index contributed by atoms with van der Waals surface area (Å²) in [4.78, 5) is 4.15. The second-order valence-electron chi connectivity index (χ2n) is 2.14. The number of nitrogens with zero attached hydrogens (tertiary/aromatic N) is 1. The molecule has 0 spiro atoms. The predicted octanol–water partition coefficient (Wildman–Crippen LogP) is 3.28. The van der Waals surface area contributed by atoms with E-state index in [1.165, 1.54) is 0 Å². The maximum absolute atomic E-state index is 4.15. The van der Waals surface area contributed by atoms with Crippen molar-refractivity contribution in [2.24, 2.45) is 4.99 Å². The second-order valence-corrected chi connectivity index (χ2v) is 2.14. The van der Waals surface area contributed by atoms with E-state index in [0.717, 1.165) is 11.3 Å². The Bertz CT molecular complexity index is 216. The van der Waals surface area contributed by atoms with Crippen molar-refractivity contribution in [3.8, 4) is 0 Å². The summed E-state index contributed by atoms with van der Waals surface area (Å²) in [7, 11) is 0. The van der Waals surface area contributed by atoms with Crippen LogP contribution in [0.25, 0.3) is 0 Å². The van der Waals surface area contributed by atoms with Gasteiger partial charge in [0.1, 0.15) is 0 Å². The molecular formula is C11H15N. The summed E-state index contributed by atoms with van der Waals surface area (Å²) >= 11 is 0. The molecule has 0 aliphatic rings. The van der Waals surface area contributed by atoms with Crippen molar-refractivity contribution in [2.75, 3.05) is 0 Å². The van der Waals surface area contributed by atoms with E-state index < -0.39 is 0 Å². The maximum Gasteiger partial charge on any atom is 0.0691 e.